The zero-order valence-electron chi connectivity index (χ0n) is 12.9. The second-order valence-electron chi connectivity index (χ2n) is 5.89. The largest absolute Gasteiger partial charge is 0.481 e. The third-order valence-electron chi connectivity index (χ3n) is 4.08. The summed E-state index contributed by atoms with van der Waals surface area (Å²) in [5.74, 6) is -1.44. The molecule has 2 N–H and O–H groups in total. The van der Waals surface area contributed by atoms with Crippen LogP contribution in [0, 0.1) is 17.6 Å². The SMILES string of the molecule is CC1CCN(C(=O)C(C)Oc2ccc(F)c(F)c2)C(CN)C1. The fourth-order valence-corrected chi connectivity index (χ4v) is 2.80. The Morgan fingerprint density at radius 2 is 2.18 bits per heavy atom. The van der Waals surface area contributed by atoms with Gasteiger partial charge in [-0.05, 0) is 37.8 Å². The van der Waals surface area contributed by atoms with E-state index in [-0.39, 0.29) is 17.7 Å². The molecule has 1 aromatic rings. The third-order valence-corrected chi connectivity index (χ3v) is 4.08. The average Bonchev–Trinajstić information content (AvgIpc) is 2.50. The maximum Gasteiger partial charge on any atom is 0.263 e. The zero-order valence-corrected chi connectivity index (χ0v) is 12.9. The van der Waals surface area contributed by atoms with E-state index in [9.17, 15) is 13.6 Å². The van der Waals surface area contributed by atoms with E-state index < -0.39 is 17.7 Å². The minimum Gasteiger partial charge on any atom is -0.481 e. The summed E-state index contributed by atoms with van der Waals surface area (Å²) in [6.45, 7) is 4.81. The van der Waals surface area contributed by atoms with E-state index in [1.165, 1.54) is 6.07 Å². The predicted octanol–water partition coefficient (Wildman–Crippen LogP) is 2.32. The Bertz CT molecular complexity index is 539. The van der Waals surface area contributed by atoms with E-state index in [1.807, 2.05) is 0 Å². The first-order valence-corrected chi connectivity index (χ1v) is 7.54. The summed E-state index contributed by atoms with van der Waals surface area (Å²) in [4.78, 5) is 14.2. The highest BCUT2D eigenvalue weighted by molar-refractivity contribution is 5.81. The second kappa shape index (κ2) is 7.05. The number of ether oxygens (including phenoxy) is 1. The highest BCUT2D eigenvalue weighted by Crippen LogP contribution is 2.24. The molecule has 0 spiro atoms. The Balaban J connectivity index is 2.03. The first-order chi connectivity index (χ1) is 10.4. The van der Waals surface area contributed by atoms with Gasteiger partial charge in [-0.3, -0.25) is 4.79 Å². The highest BCUT2D eigenvalue weighted by atomic mass is 19.2. The number of carbonyl (C=O) groups excluding carboxylic acids is 1. The van der Waals surface area contributed by atoms with Crippen molar-refractivity contribution in [3.05, 3.63) is 29.8 Å². The van der Waals surface area contributed by atoms with Crippen molar-refractivity contribution in [2.45, 2.75) is 38.8 Å². The van der Waals surface area contributed by atoms with Crippen LogP contribution >= 0.6 is 0 Å². The van der Waals surface area contributed by atoms with Gasteiger partial charge in [0, 0.05) is 25.2 Å². The lowest BCUT2D eigenvalue weighted by Gasteiger charge is -2.39. The molecule has 0 aliphatic carbocycles. The summed E-state index contributed by atoms with van der Waals surface area (Å²) in [6.07, 6.45) is 1.03. The van der Waals surface area contributed by atoms with Gasteiger partial charge in [0.25, 0.3) is 5.91 Å². The van der Waals surface area contributed by atoms with E-state index in [1.54, 1.807) is 11.8 Å². The van der Waals surface area contributed by atoms with Crippen molar-refractivity contribution in [3.8, 4) is 5.75 Å². The van der Waals surface area contributed by atoms with Crippen molar-refractivity contribution in [1.29, 1.82) is 0 Å². The molecule has 0 saturated carbocycles. The maximum absolute atomic E-state index is 13.2. The number of hydrogen-bond acceptors (Lipinski definition) is 3. The Labute approximate surface area is 129 Å². The third kappa shape index (κ3) is 3.74. The quantitative estimate of drug-likeness (QED) is 0.928. The molecular weight excluding hydrogens is 290 g/mol. The summed E-state index contributed by atoms with van der Waals surface area (Å²) in [5.41, 5.74) is 5.76. The topological polar surface area (TPSA) is 55.6 Å². The van der Waals surface area contributed by atoms with Crippen molar-refractivity contribution in [1.82, 2.24) is 4.90 Å². The summed E-state index contributed by atoms with van der Waals surface area (Å²) in [7, 11) is 0. The van der Waals surface area contributed by atoms with Crippen molar-refractivity contribution in [2.75, 3.05) is 13.1 Å². The molecule has 0 radical (unpaired) electrons. The van der Waals surface area contributed by atoms with Crippen molar-refractivity contribution < 1.29 is 18.3 Å². The molecule has 1 heterocycles. The fourth-order valence-electron chi connectivity index (χ4n) is 2.80. The predicted molar refractivity (Wildman–Crippen MR) is 79.4 cm³/mol. The lowest BCUT2D eigenvalue weighted by molar-refractivity contribution is -0.142. The van der Waals surface area contributed by atoms with E-state index in [0.29, 0.717) is 19.0 Å². The van der Waals surface area contributed by atoms with E-state index in [0.717, 1.165) is 25.0 Å². The molecule has 2 rings (SSSR count). The normalized spacial score (nSPS) is 23.2. The van der Waals surface area contributed by atoms with Gasteiger partial charge >= 0.3 is 0 Å². The van der Waals surface area contributed by atoms with Gasteiger partial charge in [-0.2, -0.15) is 0 Å². The Kier molecular flexibility index (Phi) is 5.34. The van der Waals surface area contributed by atoms with Crippen LogP contribution in [-0.4, -0.2) is 36.0 Å². The molecule has 1 aromatic carbocycles. The first-order valence-electron chi connectivity index (χ1n) is 7.54. The van der Waals surface area contributed by atoms with Crippen LogP contribution in [-0.2, 0) is 4.79 Å². The van der Waals surface area contributed by atoms with Crippen molar-refractivity contribution >= 4 is 5.91 Å². The molecule has 1 aliphatic rings. The van der Waals surface area contributed by atoms with E-state index in [2.05, 4.69) is 6.92 Å². The van der Waals surface area contributed by atoms with Gasteiger partial charge in [0.05, 0.1) is 0 Å². The fraction of sp³-hybridized carbons (Fsp3) is 0.562. The van der Waals surface area contributed by atoms with Crippen LogP contribution in [0.3, 0.4) is 0 Å². The zero-order chi connectivity index (χ0) is 16.3. The van der Waals surface area contributed by atoms with E-state index in [4.69, 9.17) is 10.5 Å². The molecule has 4 nitrogen and oxygen atoms in total. The summed E-state index contributed by atoms with van der Waals surface area (Å²) >= 11 is 0. The van der Waals surface area contributed by atoms with Gasteiger partial charge in [-0.15, -0.1) is 0 Å². The molecule has 1 aliphatic heterocycles. The minimum absolute atomic E-state index is 0.00672. The molecule has 0 aromatic heterocycles. The van der Waals surface area contributed by atoms with Crippen LogP contribution in [0.4, 0.5) is 8.78 Å². The number of hydrogen-bond donors (Lipinski definition) is 1. The number of amides is 1. The lowest BCUT2D eigenvalue weighted by Crippen LogP contribution is -2.52. The van der Waals surface area contributed by atoms with Gasteiger partial charge in [0.2, 0.25) is 0 Å². The highest BCUT2D eigenvalue weighted by Gasteiger charge is 2.32. The number of carbonyl (C=O) groups is 1. The van der Waals surface area contributed by atoms with Crippen LogP contribution in [0.5, 0.6) is 5.75 Å². The molecule has 22 heavy (non-hydrogen) atoms. The molecule has 1 saturated heterocycles. The number of rotatable bonds is 4. The van der Waals surface area contributed by atoms with Gasteiger partial charge < -0.3 is 15.4 Å². The van der Waals surface area contributed by atoms with Crippen LogP contribution in [0.15, 0.2) is 18.2 Å². The smallest absolute Gasteiger partial charge is 0.263 e. The summed E-state index contributed by atoms with van der Waals surface area (Å²) < 4.78 is 31.5. The maximum atomic E-state index is 13.2. The Morgan fingerprint density at radius 1 is 1.45 bits per heavy atom. The molecular formula is C16H22F2N2O2. The molecule has 3 unspecified atom stereocenters. The monoisotopic (exact) mass is 312 g/mol. The second-order valence-corrected chi connectivity index (χ2v) is 5.89. The molecule has 3 atom stereocenters. The van der Waals surface area contributed by atoms with Crippen LogP contribution < -0.4 is 10.5 Å². The minimum atomic E-state index is -0.996. The van der Waals surface area contributed by atoms with Crippen LogP contribution in [0.2, 0.25) is 0 Å². The lowest BCUT2D eigenvalue weighted by atomic mass is 9.92. The average molecular weight is 312 g/mol. The number of nitrogens with zero attached hydrogens (tertiary/aromatic N) is 1. The van der Waals surface area contributed by atoms with Gasteiger partial charge in [-0.25, -0.2) is 8.78 Å². The standard InChI is InChI=1S/C16H22F2N2O2/c1-10-5-6-20(12(7-10)9-19)16(21)11(2)22-13-3-4-14(17)15(18)8-13/h3-4,8,10-12H,5-7,9,19H2,1-2H3. The number of nitrogens with two attached hydrogens (primary N) is 1. The molecule has 0 bridgehead atoms. The number of likely N-dealkylation sites (tertiary alicyclic amines) is 1. The van der Waals surface area contributed by atoms with Gasteiger partial charge in [0.1, 0.15) is 5.75 Å². The number of benzene rings is 1. The van der Waals surface area contributed by atoms with E-state index >= 15 is 0 Å². The van der Waals surface area contributed by atoms with Gasteiger partial charge in [0.15, 0.2) is 17.7 Å². The molecule has 1 fully saturated rings. The Morgan fingerprint density at radius 3 is 2.82 bits per heavy atom. The Hall–Kier alpha value is -1.69. The van der Waals surface area contributed by atoms with Crippen LogP contribution in [0.1, 0.15) is 26.7 Å². The molecule has 1 amide bonds. The summed E-state index contributed by atoms with van der Waals surface area (Å²) in [5, 5.41) is 0. The number of piperidine rings is 1. The van der Waals surface area contributed by atoms with Crippen molar-refractivity contribution in [2.24, 2.45) is 11.7 Å². The van der Waals surface area contributed by atoms with Crippen LogP contribution in [0.25, 0.3) is 0 Å². The van der Waals surface area contributed by atoms with Crippen molar-refractivity contribution in [3.63, 3.8) is 0 Å². The molecule has 122 valence electrons. The first kappa shape index (κ1) is 16.7. The summed E-state index contributed by atoms with van der Waals surface area (Å²) in [6, 6.07) is 3.23. The number of halogens is 2. The molecule has 6 heteroatoms. The van der Waals surface area contributed by atoms with Gasteiger partial charge in [-0.1, -0.05) is 6.92 Å².